The normalized spacial score (nSPS) is 13.7. The Morgan fingerprint density at radius 3 is 2.48 bits per heavy atom. The molecular weight excluding hydrogens is 314 g/mol. The van der Waals surface area contributed by atoms with Crippen LogP contribution in [0.4, 0.5) is 0 Å². The molecule has 2 aromatic rings. The highest BCUT2D eigenvalue weighted by atomic mass is 32.2. The van der Waals surface area contributed by atoms with E-state index in [4.69, 9.17) is 9.47 Å². The molecule has 1 N–H and O–H groups in total. The number of rotatable bonds is 6. The monoisotopic (exact) mass is 333 g/mol. The summed E-state index contributed by atoms with van der Waals surface area (Å²) < 4.78 is 35.3. The van der Waals surface area contributed by atoms with Gasteiger partial charge in [-0.05, 0) is 29.8 Å². The van der Waals surface area contributed by atoms with Gasteiger partial charge in [0.05, 0.1) is 10.6 Å². The van der Waals surface area contributed by atoms with E-state index in [1.807, 2.05) is 18.2 Å². The van der Waals surface area contributed by atoms with Crippen LogP contribution in [0, 0.1) is 0 Å². The Bertz CT molecular complexity index is 759. The van der Waals surface area contributed by atoms with Crippen molar-refractivity contribution in [3.63, 3.8) is 0 Å². The van der Waals surface area contributed by atoms with Crippen LogP contribution in [0.5, 0.6) is 11.5 Å². The lowest BCUT2D eigenvalue weighted by molar-refractivity contribution is 0.171. The molecule has 0 aliphatic carbocycles. The lowest BCUT2D eigenvalue weighted by Crippen LogP contribution is -2.23. The molecule has 1 aliphatic heterocycles. The summed E-state index contributed by atoms with van der Waals surface area (Å²) in [5.74, 6) is 1.57. The molecule has 1 heterocycles. The van der Waals surface area contributed by atoms with E-state index in [-0.39, 0.29) is 5.75 Å². The fourth-order valence-electron chi connectivity index (χ4n) is 2.38. The van der Waals surface area contributed by atoms with Crippen LogP contribution in [0.3, 0.4) is 0 Å². The Morgan fingerprint density at radius 1 is 0.957 bits per heavy atom. The average Bonchev–Trinajstić information content (AvgIpc) is 2.59. The number of fused-ring (bicyclic) bond motifs is 1. The van der Waals surface area contributed by atoms with E-state index in [0.717, 1.165) is 17.1 Å². The van der Waals surface area contributed by atoms with Gasteiger partial charge in [-0.1, -0.05) is 24.3 Å². The van der Waals surface area contributed by atoms with Crippen molar-refractivity contribution in [3.8, 4) is 11.5 Å². The van der Waals surface area contributed by atoms with Gasteiger partial charge in [-0.3, -0.25) is 0 Å². The highest BCUT2D eigenvalue weighted by Gasteiger charge is 2.14. The van der Waals surface area contributed by atoms with E-state index >= 15 is 0 Å². The van der Waals surface area contributed by atoms with Crippen molar-refractivity contribution in [1.82, 2.24) is 5.32 Å². The molecular formula is C17H19NO4S. The summed E-state index contributed by atoms with van der Waals surface area (Å²) >= 11 is 0. The van der Waals surface area contributed by atoms with Crippen LogP contribution in [0.2, 0.25) is 0 Å². The van der Waals surface area contributed by atoms with Gasteiger partial charge in [-0.2, -0.15) is 0 Å². The molecule has 23 heavy (non-hydrogen) atoms. The zero-order chi connectivity index (χ0) is 16.1. The number of hydrogen-bond acceptors (Lipinski definition) is 5. The maximum absolute atomic E-state index is 12.2. The largest absolute Gasteiger partial charge is 0.486 e. The zero-order valence-electron chi connectivity index (χ0n) is 12.7. The summed E-state index contributed by atoms with van der Waals surface area (Å²) in [6.07, 6.45) is 0. The van der Waals surface area contributed by atoms with Gasteiger partial charge < -0.3 is 14.8 Å². The van der Waals surface area contributed by atoms with E-state index < -0.39 is 9.84 Å². The fourth-order valence-corrected chi connectivity index (χ4v) is 3.60. The first kappa shape index (κ1) is 15.8. The molecule has 0 saturated heterocycles. The third kappa shape index (κ3) is 4.03. The second-order valence-electron chi connectivity index (χ2n) is 5.29. The number of nitrogens with one attached hydrogen (secondary N) is 1. The van der Waals surface area contributed by atoms with Gasteiger partial charge >= 0.3 is 0 Å². The van der Waals surface area contributed by atoms with Gasteiger partial charge in [0.2, 0.25) is 0 Å². The Kier molecular flexibility index (Phi) is 4.83. The Labute approximate surface area is 136 Å². The van der Waals surface area contributed by atoms with Crippen molar-refractivity contribution in [2.45, 2.75) is 11.4 Å². The van der Waals surface area contributed by atoms with Gasteiger partial charge in [0, 0.05) is 13.1 Å². The van der Waals surface area contributed by atoms with Gasteiger partial charge in [-0.25, -0.2) is 8.42 Å². The zero-order valence-corrected chi connectivity index (χ0v) is 13.5. The maximum atomic E-state index is 12.2. The van der Waals surface area contributed by atoms with E-state index in [9.17, 15) is 8.42 Å². The van der Waals surface area contributed by atoms with Crippen LogP contribution in [0.25, 0.3) is 0 Å². The van der Waals surface area contributed by atoms with Crippen molar-refractivity contribution in [2.75, 3.05) is 25.5 Å². The van der Waals surface area contributed by atoms with E-state index in [2.05, 4.69) is 5.32 Å². The van der Waals surface area contributed by atoms with Crippen LogP contribution in [0.1, 0.15) is 5.56 Å². The molecule has 0 aromatic heterocycles. The molecule has 1 aliphatic rings. The molecule has 6 heteroatoms. The van der Waals surface area contributed by atoms with E-state index in [1.165, 1.54) is 0 Å². The van der Waals surface area contributed by atoms with Crippen molar-refractivity contribution >= 4 is 9.84 Å². The molecule has 0 spiro atoms. The highest BCUT2D eigenvalue weighted by Crippen LogP contribution is 2.30. The quantitative estimate of drug-likeness (QED) is 0.820. The lowest BCUT2D eigenvalue weighted by atomic mass is 10.2. The number of benzene rings is 2. The molecule has 0 saturated carbocycles. The molecule has 2 aromatic carbocycles. The van der Waals surface area contributed by atoms with E-state index in [1.54, 1.807) is 30.3 Å². The first-order chi connectivity index (χ1) is 11.1. The first-order valence-electron chi connectivity index (χ1n) is 7.52. The standard InChI is InChI=1S/C17H19NO4S/c19-23(20,15-4-2-1-3-5-15)11-8-18-13-14-6-7-16-17(12-14)22-10-9-21-16/h1-7,12,18H,8-11,13H2. The van der Waals surface area contributed by atoms with Gasteiger partial charge in [0.1, 0.15) is 13.2 Å². The number of hydrogen-bond donors (Lipinski definition) is 1. The Balaban J connectivity index is 1.52. The van der Waals surface area contributed by atoms with Crippen molar-refractivity contribution < 1.29 is 17.9 Å². The molecule has 0 fully saturated rings. The van der Waals surface area contributed by atoms with Crippen molar-refractivity contribution in [3.05, 3.63) is 54.1 Å². The summed E-state index contributed by atoms with van der Waals surface area (Å²) in [7, 11) is -3.24. The summed E-state index contributed by atoms with van der Waals surface area (Å²) in [4.78, 5) is 0.362. The summed E-state index contributed by atoms with van der Waals surface area (Å²) in [6.45, 7) is 2.10. The predicted molar refractivity (Wildman–Crippen MR) is 87.6 cm³/mol. The smallest absolute Gasteiger partial charge is 0.179 e. The van der Waals surface area contributed by atoms with E-state index in [0.29, 0.717) is 31.2 Å². The predicted octanol–water partition coefficient (Wildman–Crippen LogP) is 2.02. The third-order valence-electron chi connectivity index (χ3n) is 3.59. The maximum Gasteiger partial charge on any atom is 0.179 e. The summed E-state index contributed by atoms with van der Waals surface area (Å²) in [5, 5.41) is 3.16. The van der Waals surface area contributed by atoms with Crippen molar-refractivity contribution in [1.29, 1.82) is 0 Å². The topological polar surface area (TPSA) is 64.6 Å². The molecule has 0 bridgehead atoms. The van der Waals surface area contributed by atoms with Crippen LogP contribution in [0.15, 0.2) is 53.4 Å². The highest BCUT2D eigenvalue weighted by molar-refractivity contribution is 7.91. The van der Waals surface area contributed by atoms with Crippen LogP contribution in [-0.2, 0) is 16.4 Å². The number of sulfone groups is 1. The Morgan fingerprint density at radius 2 is 1.70 bits per heavy atom. The molecule has 0 amide bonds. The Hall–Kier alpha value is -2.05. The molecule has 0 unspecified atom stereocenters. The van der Waals surface area contributed by atoms with Gasteiger partial charge in [0.15, 0.2) is 21.3 Å². The SMILES string of the molecule is O=S(=O)(CCNCc1ccc2c(c1)OCCO2)c1ccccc1. The number of ether oxygens (including phenoxy) is 2. The molecule has 3 rings (SSSR count). The van der Waals surface area contributed by atoms with Crippen LogP contribution >= 0.6 is 0 Å². The van der Waals surface area contributed by atoms with Crippen molar-refractivity contribution in [2.24, 2.45) is 0 Å². The molecule has 0 atom stereocenters. The van der Waals surface area contributed by atoms with Crippen LogP contribution < -0.4 is 14.8 Å². The minimum absolute atomic E-state index is 0.0710. The third-order valence-corrected chi connectivity index (χ3v) is 5.32. The second kappa shape index (κ2) is 7.02. The molecule has 122 valence electrons. The molecule has 5 nitrogen and oxygen atoms in total. The van der Waals surface area contributed by atoms with Gasteiger partial charge in [0.25, 0.3) is 0 Å². The lowest BCUT2D eigenvalue weighted by Gasteiger charge is -2.19. The van der Waals surface area contributed by atoms with Gasteiger partial charge in [-0.15, -0.1) is 0 Å². The second-order valence-corrected chi connectivity index (χ2v) is 7.40. The fraction of sp³-hybridized carbons (Fsp3) is 0.294. The van der Waals surface area contributed by atoms with Crippen LogP contribution in [-0.4, -0.2) is 33.9 Å². The summed E-state index contributed by atoms with van der Waals surface area (Å²) in [6, 6.07) is 14.3. The molecule has 0 radical (unpaired) electrons. The minimum atomic E-state index is -3.24. The minimum Gasteiger partial charge on any atom is -0.486 e. The average molecular weight is 333 g/mol. The summed E-state index contributed by atoms with van der Waals surface area (Å²) in [5.41, 5.74) is 1.03. The first-order valence-corrected chi connectivity index (χ1v) is 9.17.